The number of benzene rings is 2. The minimum Gasteiger partial charge on any atom is -0.339 e. The highest BCUT2D eigenvalue weighted by atomic mass is 32.1. The maximum absolute atomic E-state index is 13.9. The van der Waals surface area contributed by atoms with Crippen LogP contribution in [0.4, 0.5) is 22.0 Å². The lowest BCUT2D eigenvalue weighted by molar-refractivity contribution is -0.133. The number of carbonyl (C=O) groups is 3. The molecule has 45 heavy (non-hydrogen) atoms. The summed E-state index contributed by atoms with van der Waals surface area (Å²) in [5.41, 5.74) is 4.51. The summed E-state index contributed by atoms with van der Waals surface area (Å²) in [5.74, 6) is 0.628. The Labute approximate surface area is 268 Å². The number of hydrogen-bond acceptors (Lipinski definition) is 7. The van der Waals surface area contributed by atoms with Crippen LogP contribution in [0.3, 0.4) is 0 Å². The number of hydrogen-bond donors (Lipinski definition) is 3. The molecule has 0 saturated carbocycles. The van der Waals surface area contributed by atoms with E-state index in [-0.39, 0.29) is 24.4 Å². The topological polar surface area (TPSA) is 117 Å². The molecule has 236 valence electrons. The molecule has 12 heteroatoms. The number of thiocarbonyl (C=S) groups is 1. The van der Waals surface area contributed by atoms with Crippen molar-refractivity contribution in [3.63, 3.8) is 0 Å². The van der Waals surface area contributed by atoms with E-state index in [9.17, 15) is 14.4 Å². The van der Waals surface area contributed by atoms with Gasteiger partial charge in [0.15, 0.2) is 0 Å². The molecule has 2 aromatic carbocycles. The number of urea groups is 1. The number of anilines is 3. The van der Waals surface area contributed by atoms with Crippen LogP contribution in [0.2, 0.25) is 0 Å². The Morgan fingerprint density at radius 2 is 1.87 bits per heavy atom. The van der Waals surface area contributed by atoms with Gasteiger partial charge in [0.1, 0.15) is 11.9 Å². The molecule has 1 atom stereocenters. The van der Waals surface area contributed by atoms with Gasteiger partial charge < -0.3 is 30.2 Å². The zero-order chi connectivity index (χ0) is 31.9. The van der Waals surface area contributed by atoms with Crippen LogP contribution in [0, 0.1) is 12.3 Å². The van der Waals surface area contributed by atoms with Crippen LogP contribution in [0.15, 0.2) is 48.7 Å². The number of aromatic amines is 1. The average Bonchev–Trinajstić information content (AvgIpc) is 3.41. The highest BCUT2D eigenvalue weighted by molar-refractivity contribution is 7.80. The molecule has 0 unspecified atom stereocenters. The lowest BCUT2D eigenvalue weighted by atomic mass is 9.90. The van der Waals surface area contributed by atoms with Gasteiger partial charge in [-0.1, -0.05) is 44.3 Å². The number of fused-ring (bicyclic) bond motifs is 2. The van der Waals surface area contributed by atoms with Crippen LogP contribution in [-0.2, 0) is 17.9 Å². The molecule has 1 aromatic heterocycles. The molecular formula is C33H40N8O3S. The van der Waals surface area contributed by atoms with Gasteiger partial charge in [0.25, 0.3) is 11.8 Å². The van der Waals surface area contributed by atoms with E-state index >= 15 is 0 Å². The third kappa shape index (κ3) is 5.80. The Morgan fingerprint density at radius 3 is 2.64 bits per heavy atom. The van der Waals surface area contributed by atoms with E-state index in [2.05, 4.69) is 20.8 Å². The molecule has 6 rings (SSSR count). The molecule has 3 aliphatic heterocycles. The van der Waals surface area contributed by atoms with Crippen LogP contribution in [0.1, 0.15) is 47.3 Å². The number of amides is 4. The van der Waals surface area contributed by atoms with Crippen LogP contribution in [-0.4, -0.2) is 88.5 Å². The molecule has 4 amide bonds. The Balaban J connectivity index is 1.17. The van der Waals surface area contributed by atoms with E-state index in [0.717, 1.165) is 53.4 Å². The molecule has 0 aliphatic carbocycles. The second-order valence-corrected chi connectivity index (χ2v) is 13.1. The number of para-hydroxylation sites is 2. The number of rotatable bonds is 4. The van der Waals surface area contributed by atoms with Crippen molar-refractivity contribution in [2.45, 2.75) is 46.3 Å². The summed E-state index contributed by atoms with van der Waals surface area (Å²) in [6, 6.07) is 12.3. The SMILES string of the molecule is Cc1cc(C(=O)N2Cc3cn[nH]c3N(C)c3ccccc32)ccc1CNC(=O)N1CC(C)(C)C(=S)[C@H]1C(=O)N1CCCNCC1. The third-order valence-electron chi connectivity index (χ3n) is 9.10. The van der Waals surface area contributed by atoms with Crippen molar-refractivity contribution >= 4 is 52.1 Å². The summed E-state index contributed by atoms with van der Waals surface area (Å²) >= 11 is 5.77. The van der Waals surface area contributed by atoms with Gasteiger partial charge in [-0.2, -0.15) is 5.10 Å². The maximum atomic E-state index is 13.9. The van der Waals surface area contributed by atoms with Gasteiger partial charge in [-0.25, -0.2) is 4.79 Å². The van der Waals surface area contributed by atoms with Gasteiger partial charge in [-0.15, -0.1) is 0 Å². The predicted octanol–water partition coefficient (Wildman–Crippen LogP) is 3.76. The maximum Gasteiger partial charge on any atom is 0.318 e. The summed E-state index contributed by atoms with van der Waals surface area (Å²) in [5, 5.41) is 13.6. The molecule has 3 aliphatic rings. The number of aromatic nitrogens is 2. The second kappa shape index (κ2) is 12.2. The van der Waals surface area contributed by atoms with Gasteiger partial charge in [-0.3, -0.25) is 14.7 Å². The van der Waals surface area contributed by atoms with Crippen molar-refractivity contribution in [2.75, 3.05) is 49.6 Å². The number of nitrogens with zero attached hydrogens (tertiary/aromatic N) is 5. The molecule has 0 radical (unpaired) electrons. The van der Waals surface area contributed by atoms with Gasteiger partial charge in [0.05, 0.1) is 24.1 Å². The van der Waals surface area contributed by atoms with E-state index in [4.69, 9.17) is 12.2 Å². The standard InChI is InChI=1S/C33H40N8O3S/c1-21-16-22(30(42)40-19-24-18-36-37-29(24)38(4)25-8-5-6-9-26(25)40)10-11-23(21)17-35-32(44)41-20-33(2,3)28(45)27(41)31(43)39-14-7-12-34-13-15-39/h5-6,8-11,16,18,27,34H,7,12-15,17,19-20H2,1-4H3,(H,35,44)(H,36,37)/t27-/m0/s1. The molecule has 4 heterocycles. The molecule has 3 N–H and O–H groups in total. The van der Waals surface area contributed by atoms with E-state index in [1.165, 1.54) is 0 Å². The number of carbonyl (C=O) groups excluding carboxylic acids is 3. The highest BCUT2D eigenvalue weighted by Crippen LogP contribution is 2.39. The third-order valence-corrected chi connectivity index (χ3v) is 9.87. The summed E-state index contributed by atoms with van der Waals surface area (Å²) in [7, 11) is 1.96. The quantitative estimate of drug-likeness (QED) is 0.377. The van der Waals surface area contributed by atoms with Gasteiger partial charge in [0, 0.05) is 61.2 Å². The summed E-state index contributed by atoms with van der Waals surface area (Å²) in [4.78, 5) is 49.0. The van der Waals surface area contributed by atoms with Crippen molar-refractivity contribution in [1.82, 2.24) is 30.6 Å². The van der Waals surface area contributed by atoms with Crippen molar-refractivity contribution in [1.29, 1.82) is 0 Å². The zero-order valence-corrected chi connectivity index (χ0v) is 27.0. The van der Waals surface area contributed by atoms with Gasteiger partial charge in [0.2, 0.25) is 0 Å². The number of H-pyrrole nitrogens is 1. The molecule has 0 bridgehead atoms. The fourth-order valence-corrected chi connectivity index (χ4v) is 6.77. The molecular weight excluding hydrogens is 588 g/mol. The predicted molar refractivity (Wildman–Crippen MR) is 178 cm³/mol. The van der Waals surface area contributed by atoms with Crippen molar-refractivity contribution in [3.8, 4) is 0 Å². The van der Waals surface area contributed by atoms with E-state index < -0.39 is 11.5 Å². The Bertz CT molecular complexity index is 1640. The number of aryl methyl sites for hydroxylation is 1. The lowest BCUT2D eigenvalue weighted by Gasteiger charge is -2.29. The molecule has 2 fully saturated rings. The van der Waals surface area contributed by atoms with E-state index in [0.29, 0.717) is 36.6 Å². The smallest absolute Gasteiger partial charge is 0.318 e. The number of nitrogens with one attached hydrogen (secondary N) is 3. The monoisotopic (exact) mass is 628 g/mol. The first-order chi connectivity index (χ1) is 21.6. The first-order valence-corrected chi connectivity index (χ1v) is 15.8. The zero-order valence-electron chi connectivity index (χ0n) is 26.2. The van der Waals surface area contributed by atoms with Crippen LogP contribution in [0.25, 0.3) is 0 Å². The van der Waals surface area contributed by atoms with Gasteiger partial charge >= 0.3 is 6.03 Å². The summed E-state index contributed by atoms with van der Waals surface area (Å²) in [6.45, 7) is 9.76. The first kappa shape index (κ1) is 30.7. The second-order valence-electron chi connectivity index (χ2n) is 12.7. The average molecular weight is 629 g/mol. The highest BCUT2D eigenvalue weighted by Gasteiger charge is 2.49. The minimum absolute atomic E-state index is 0.104. The van der Waals surface area contributed by atoms with Crippen LogP contribution < -0.4 is 20.4 Å². The lowest BCUT2D eigenvalue weighted by Crippen LogP contribution is -2.53. The Hall–Kier alpha value is -4.29. The first-order valence-electron chi connectivity index (χ1n) is 15.4. The Kier molecular flexibility index (Phi) is 8.36. The summed E-state index contributed by atoms with van der Waals surface area (Å²) < 4.78 is 0. The van der Waals surface area contributed by atoms with Crippen LogP contribution >= 0.6 is 12.2 Å². The summed E-state index contributed by atoms with van der Waals surface area (Å²) in [6.07, 6.45) is 2.62. The van der Waals surface area contributed by atoms with E-state index in [1.807, 2.05) is 74.0 Å². The Morgan fingerprint density at radius 1 is 1.09 bits per heavy atom. The molecule has 0 spiro atoms. The van der Waals surface area contributed by atoms with Crippen molar-refractivity contribution in [2.24, 2.45) is 5.41 Å². The van der Waals surface area contributed by atoms with Crippen molar-refractivity contribution in [3.05, 3.63) is 70.9 Å². The fraction of sp³-hybridized carbons (Fsp3) is 0.424. The van der Waals surface area contributed by atoms with E-state index in [1.54, 1.807) is 22.1 Å². The molecule has 2 saturated heterocycles. The molecule has 3 aromatic rings. The van der Waals surface area contributed by atoms with Crippen molar-refractivity contribution < 1.29 is 14.4 Å². The van der Waals surface area contributed by atoms with Crippen LogP contribution in [0.5, 0.6) is 0 Å². The minimum atomic E-state index is -0.763. The largest absolute Gasteiger partial charge is 0.339 e. The molecule has 11 nitrogen and oxygen atoms in total. The fourth-order valence-electron chi connectivity index (χ4n) is 6.48. The normalized spacial score (nSPS) is 19.5. The number of likely N-dealkylation sites (tertiary alicyclic amines) is 1. The van der Waals surface area contributed by atoms with Gasteiger partial charge in [-0.05, 0) is 55.3 Å².